The Morgan fingerprint density at radius 2 is 0.596 bits per heavy atom. The molecule has 0 fully saturated rings. The number of phosphoric ester groups is 2. The summed E-state index contributed by atoms with van der Waals surface area (Å²) in [5, 5.41) is 10.6. The SMILES string of the molecule is CCCCCC/C=C\C=C/CCCCCCCC(=O)OC[C@H](COP(=O)(O)OC[C@@H](O)COP(=O)(O)OC[C@@H](COC(=O)CCCCCCCCC(C)CC)OC(=O)CCCCCCCCCCCCCCC(C)C)OC(=O)CCCCCCCCCCCCCCCCCCCCC. The molecular weight excluding hydrogens is 1290 g/mol. The zero-order chi connectivity index (χ0) is 72.8. The van der Waals surface area contributed by atoms with E-state index in [1.807, 2.05) is 0 Å². The average molecular weight is 1450 g/mol. The average Bonchev–Trinajstić information content (AvgIpc) is 1.87. The van der Waals surface area contributed by atoms with E-state index >= 15 is 0 Å². The normalized spacial score (nSPS) is 14.4. The highest BCUT2D eigenvalue weighted by atomic mass is 31.2. The monoisotopic (exact) mass is 1450 g/mol. The van der Waals surface area contributed by atoms with Crippen LogP contribution in [-0.2, 0) is 65.4 Å². The molecule has 0 radical (unpaired) electrons. The van der Waals surface area contributed by atoms with Crippen molar-refractivity contribution in [3.63, 3.8) is 0 Å². The molecule has 17 nitrogen and oxygen atoms in total. The van der Waals surface area contributed by atoms with Gasteiger partial charge in [-0.25, -0.2) is 9.13 Å². The van der Waals surface area contributed by atoms with Crippen molar-refractivity contribution in [3.05, 3.63) is 24.3 Å². The first-order chi connectivity index (χ1) is 47.9. The number of aliphatic hydroxyl groups excluding tert-OH is 1. The van der Waals surface area contributed by atoms with Crippen molar-refractivity contribution in [3.8, 4) is 0 Å². The number of hydrogen-bond donors (Lipinski definition) is 3. The van der Waals surface area contributed by atoms with Crippen LogP contribution >= 0.6 is 15.6 Å². The molecule has 584 valence electrons. The van der Waals surface area contributed by atoms with E-state index in [0.29, 0.717) is 25.7 Å². The summed E-state index contributed by atoms with van der Waals surface area (Å²) in [5.74, 6) is -0.638. The van der Waals surface area contributed by atoms with Crippen LogP contribution in [0.2, 0.25) is 0 Å². The number of unbranched alkanes of at least 4 members (excludes halogenated alkanes) is 43. The second-order valence-electron chi connectivity index (χ2n) is 28.8. The van der Waals surface area contributed by atoms with E-state index in [1.54, 1.807) is 0 Å². The highest BCUT2D eigenvalue weighted by Gasteiger charge is 2.30. The molecule has 0 aliphatic carbocycles. The first-order valence-corrected chi connectivity index (χ1v) is 43.8. The molecule has 0 spiro atoms. The van der Waals surface area contributed by atoms with Gasteiger partial charge in [0.2, 0.25) is 0 Å². The molecule has 0 saturated carbocycles. The highest BCUT2D eigenvalue weighted by Crippen LogP contribution is 2.45. The minimum Gasteiger partial charge on any atom is -0.462 e. The molecule has 0 heterocycles. The lowest BCUT2D eigenvalue weighted by molar-refractivity contribution is -0.161. The van der Waals surface area contributed by atoms with Gasteiger partial charge in [-0.2, -0.15) is 0 Å². The maximum absolute atomic E-state index is 13.1. The van der Waals surface area contributed by atoms with Gasteiger partial charge in [0.25, 0.3) is 0 Å². The van der Waals surface area contributed by atoms with Crippen molar-refractivity contribution >= 4 is 39.5 Å². The molecule has 0 aromatic heterocycles. The maximum Gasteiger partial charge on any atom is 0.472 e. The van der Waals surface area contributed by atoms with E-state index in [1.165, 1.54) is 186 Å². The van der Waals surface area contributed by atoms with Gasteiger partial charge in [0.05, 0.1) is 26.4 Å². The van der Waals surface area contributed by atoms with Gasteiger partial charge in [-0.15, -0.1) is 0 Å². The number of allylic oxidation sites excluding steroid dienone is 4. The molecule has 0 saturated heterocycles. The summed E-state index contributed by atoms with van der Waals surface area (Å²) < 4.78 is 68.6. The minimum absolute atomic E-state index is 0.102. The van der Waals surface area contributed by atoms with Gasteiger partial charge in [-0.05, 0) is 63.2 Å². The third-order valence-electron chi connectivity index (χ3n) is 18.4. The number of aliphatic hydroxyl groups is 1. The molecule has 99 heavy (non-hydrogen) atoms. The van der Waals surface area contributed by atoms with Crippen molar-refractivity contribution in [2.24, 2.45) is 11.8 Å². The fraction of sp³-hybridized carbons (Fsp3) is 0.900. The smallest absolute Gasteiger partial charge is 0.462 e. The van der Waals surface area contributed by atoms with Crippen LogP contribution in [-0.4, -0.2) is 96.7 Å². The number of hydrogen-bond acceptors (Lipinski definition) is 15. The number of carbonyl (C=O) groups is 4. The lowest BCUT2D eigenvalue weighted by Crippen LogP contribution is -2.30. The highest BCUT2D eigenvalue weighted by molar-refractivity contribution is 7.47. The molecule has 0 amide bonds. The Bertz CT molecular complexity index is 2000. The van der Waals surface area contributed by atoms with Crippen molar-refractivity contribution in [2.75, 3.05) is 39.6 Å². The van der Waals surface area contributed by atoms with E-state index in [-0.39, 0.29) is 25.7 Å². The number of rotatable bonds is 77. The van der Waals surface area contributed by atoms with Gasteiger partial charge in [0.1, 0.15) is 19.3 Å². The largest absolute Gasteiger partial charge is 0.472 e. The molecule has 0 bridgehead atoms. The summed E-state index contributed by atoms with van der Waals surface area (Å²) in [6, 6.07) is 0. The Hall–Kier alpha value is -2.46. The van der Waals surface area contributed by atoms with Crippen LogP contribution in [0.5, 0.6) is 0 Å². The van der Waals surface area contributed by atoms with Gasteiger partial charge in [0, 0.05) is 25.7 Å². The van der Waals surface area contributed by atoms with Crippen molar-refractivity contribution in [2.45, 2.75) is 413 Å². The minimum atomic E-state index is -4.97. The number of ether oxygens (including phenoxy) is 4. The molecule has 0 aliphatic heterocycles. The quantitative estimate of drug-likeness (QED) is 0.0169. The van der Waals surface area contributed by atoms with Gasteiger partial charge < -0.3 is 33.8 Å². The van der Waals surface area contributed by atoms with Crippen molar-refractivity contribution in [1.29, 1.82) is 0 Å². The van der Waals surface area contributed by atoms with Crippen LogP contribution in [0.25, 0.3) is 0 Å². The zero-order valence-corrected chi connectivity index (χ0v) is 66.1. The van der Waals surface area contributed by atoms with Gasteiger partial charge in [-0.1, -0.05) is 342 Å². The predicted molar refractivity (Wildman–Crippen MR) is 404 cm³/mol. The number of esters is 4. The molecule has 3 unspecified atom stereocenters. The molecule has 3 N–H and O–H groups in total. The van der Waals surface area contributed by atoms with E-state index < -0.39 is 97.5 Å². The third-order valence-corrected chi connectivity index (χ3v) is 20.3. The molecular formula is C80H152O17P2. The summed E-state index contributed by atoms with van der Waals surface area (Å²) in [6.07, 6.45) is 63.3. The lowest BCUT2D eigenvalue weighted by Gasteiger charge is -2.21. The summed E-state index contributed by atoms with van der Waals surface area (Å²) in [4.78, 5) is 73.0. The molecule has 0 aliphatic rings. The first kappa shape index (κ1) is 96.5. The van der Waals surface area contributed by atoms with Crippen molar-refractivity contribution in [1.82, 2.24) is 0 Å². The molecule has 19 heteroatoms. The topological polar surface area (TPSA) is 237 Å². The summed E-state index contributed by atoms with van der Waals surface area (Å²) in [5.41, 5.74) is 0. The van der Waals surface area contributed by atoms with E-state index in [2.05, 4.69) is 65.8 Å². The molecule has 0 rings (SSSR count). The van der Waals surface area contributed by atoms with E-state index in [4.69, 9.17) is 37.0 Å². The predicted octanol–water partition coefficient (Wildman–Crippen LogP) is 23.4. The maximum atomic E-state index is 13.1. The summed E-state index contributed by atoms with van der Waals surface area (Å²) in [6.45, 7) is 9.53. The van der Waals surface area contributed by atoms with Crippen LogP contribution in [0.15, 0.2) is 24.3 Å². The van der Waals surface area contributed by atoms with Gasteiger partial charge in [-0.3, -0.25) is 37.3 Å². The Labute approximate surface area is 605 Å². The summed E-state index contributed by atoms with van der Waals surface area (Å²) >= 11 is 0. The third kappa shape index (κ3) is 72.3. The zero-order valence-electron chi connectivity index (χ0n) is 64.3. The van der Waals surface area contributed by atoms with Crippen LogP contribution < -0.4 is 0 Å². The van der Waals surface area contributed by atoms with E-state index in [9.17, 15) is 43.2 Å². The van der Waals surface area contributed by atoms with Crippen LogP contribution in [0.4, 0.5) is 0 Å². The summed E-state index contributed by atoms with van der Waals surface area (Å²) in [7, 11) is -9.93. The van der Waals surface area contributed by atoms with Gasteiger partial charge >= 0.3 is 39.5 Å². The first-order valence-electron chi connectivity index (χ1n) is 40.8. The Balaban J connectivity index is 5.28. The standard InChI is InChI=1S/C80H152O17P2/c1-7-10-12-14-16-18-20-22-24-25-26-27-29-31-36-40-44-52-58-64-79(84)96-75(68-90-77(82)62-56-50-43-39-35-30-28-23-21-19-17-15-13-11-8-2)70-94-98(86,87)92-66-74(81)67-93-99(88,89)95-71-76(69-91-78(83)63-57-51-47-46-49-55-61-73(6)9-3)97-80(85)65-59-53-45-41-37-33-32-34-38-42-48-54-60-72(4)5/h19,21,23,28,72-76,81H,7-18,20,22,24-27,29-71H2,1-6H3,(H,86,87)(H,88,89)/b21-19-,28-23-/t73?,74-,75-,76-/m1/s1. The second kappa shape index (κ2) is 71.2. The molecule has 0 aromatic carbocycles. The fourth-order valence-electron chi connectivity index (χ4n) is 11.8. The Morgan fingerprint density at radius 1 is 0.333 bits per heavy atom. The Kier molecular flexibility index (Phi) is 69.4. The van der Waals surface area contributed by atoms with Crippen molar-refractivity contribution < 1.29 is 80.2 Å². The second-order valence-corrected chi connectivity index (χ2v) is 31.7. The van der Waals surface area contributed by atoms with Crippen LogP contribution in [0, 0.1) is 11.8 Å². The van der Waals surface area contributed by atoms with Gasteiger partial charge in [0.15, 0.2) is 12.2 Å². The van der Waals surface area contributed by atoms with Crippen LogP contribution in [0.1, 0.15) is 395 Å². The molecule has 0 aromatic rings. The van der Waals surface area contributed by atoms with E-state index in [0.717, 1.165) is 127 Å². The Morgan fingerprint density at radius 3 is 0.909 bits per heavy atom. The molecule has 6 atom stereocenters. The number of phosphoric acid groups is 2. The lowest BCUT2D eigenvalue weighted by atomic mass is 10.00. The fourth-order valence-corrected chi connectivity index (χ4v) is 13.4. The number of carbonyl (C=O) groups excluding carboxylic acids is 4. The van der Waals surface area contributed by atoms with Crippen LogP contribution in [0.3, 0.4) is 0 Å².